The van der Waals surface area contributed by atoms with Crippen LogP contribution in [0.2, 0.25) is 0 Å². The lowest BCUT2D eigenvalue weighted by Crippen LogP contribution is -2.46. The number of ether oxygens (including phenoxy) is 1. The van der Waals surface area contributed by atoms with Crippen molar-refractivity contribution in [3.8, 4) is 5.75 Å². The van der Waals surface area contributed by atoms with Crippen LogP contribution in [0.3, 0.4) is 0 Å². The highest BCUT2D eigenvalue weighted by Gasteiger charge is 2.17. The maximum absolute atomic E-state index is 13.0. The number of anilines is 1. The van der Waals surface area contributed by atoms with E-state index in [1.54, 1.807) is 12.1 Å². The minimum absolute atomic E-state index is 0.167. The molecule has 0 unspecified atom stereocenters. The number of hydrogen-bond acceptors (Lipinski definition) is 3. The molecule has 0 N–H and O–H groups in total. The highest BCUT2D eigenvalue weighted by molar-refractivity contribution is 5.46. The molecule has 27 heavy (non-hydrogen) atoms. The Kier molecular flexibility index (Phi) is 5.93. The first-order valence-corrected chi connectivity index (χ1v) is 10.3. The second-order valence-electron chi connectivity index (χ2n) is 7.64. The lowest BCUT2D eigenvalue weighted by Gasteiger charge is -2.36. The summed E-state index contributed by atoms with van der Waals surface area (Å²) in [6.45, 7) is 6.10. The zero-order chi connectivity index (χ0) is 18.5. The van der Waals surface area contributed by atoms with Crippen molar-refractivity contribution in [2.45, 2.75) is 32.1 Å². The number of nitrogens with zero attached hydrogens (tertiary/aromatic N) is 2. The molecule has 1 aliphatic carbocycles. The van der Waals surface area contributed by atoms with E-state index in [0.29, 0.717) is 0 Å². The molecule has 0 amide bonds. The molecule has 144 valence electrons. The summed E-state index contributed by atoms with van der Waals surface area (Å²) in [5, 5.41) is 0. The van der Waals surface area contributed by atoms with E-state index in [2.05, 4.69) is 28.0 Å². The van der Waals surface area contributed by atoms with E-state index in [1.807, 2.05) is 12.1 Å². The van der Waals surface area contributed by atoms with Crippen molar-refractivity contribution < 1.29 is 9.13 Å². The molecule has 1 saturated heterocycles. The number of piperazine rings is 1. The van der Waals surface area contributed by atoms with Crippen molar-refractivity contribution in [3.63, 3.8) is 0 Å². The molecular formula is C23H29FN2O. The molecule has 0 radical (unpaired) electrons. The van der Waals surface area contributed by atoms with Crippen molar-refractivity contribution in [1.82, 2.24) is 4.90 Å². The Morgan fingerprint density at radius 3 is 2.44 bits per heavy atom. The first-order chi connectivity index (χ1) is 13.3. The lowest BCUT2D eigenvalue weighted by atomic mass is 10.1. The summed E-state index contributed by atoms with van der Waals surface area (Å²) >= 11 is 0. The third-order valence-corrected chi connectivity index (χ3v) is 5.77. The second-order valence-corrected chi connectivity index (χ2v) is 7.64. The molecule has 2 aromatic carbocycles. The van der Waals surface area contributed by atoms with Gasteiger partial charge in [0.1, 0.15) is 11.6 Å². The number of fused-ring (bicyclic) bond motifs is 1. The summed E-state index contributed by atoms with van der Waals surface area (Å²) in [4.78, 5) is 4.86. The maximum Gasteiger partial charge on any atom is 0.123 e. The van der Waals surface area contributed by atoms with Crippen molar-refractivity contribution in [1.29, 1.82) is 0 Å². The highest BCUT2D eigenvalue weighted by Crippen LogP contribution is 2.26. The van der Waals surface area contributed by atoms with Gasteiger partial charge < -0.3 is 9.64 Å². The van der Waals surface area contributed by atoms with E-state index in [-0.39, 0.29) is 5.82 Å². The van der Waals surface area contributed by atoms with Gasteiger partial charge in [-0.1, -0.05) is 6.07 Å². The summed E-state index contributed by atoms with van der Waals surface area (Å²) < 4.78 is 19.0. The van der Waals surface area contributed by atoms with Gasteiger partial charge in [-0.15, -0.1) is 0 Å². The van der Waals surface area contributed by atoms with E-state index in [9.17, 15) is 4.39 Å². The predicted molar refractivity (Wildman–Crippen MR) is 108 cm³/mol. The van der Waals surface area contributed by atoms with Gasteiger partial charge in [0.15, 0.2) is 0 Å². The van der Waals surface area contributed by atoms with Gasteiger partial charge in [-0.2, -0.15) is 0 Å². The Hall–Kier alpha value is -2.07. The summed E-state index contributed by atoms with van der Waals surface area (Å²) in [5.41, 5.74) is 4.10. The number of hydrogen-bond donors (Lipinski definition) is 0. The van der Waals surface area contributed by atoms with Crippen LogP contribution in [-0.2, 0) is 12.8 Å². The van der Waals surface area contributed by atoms with Crippen LogP contribution >= 0.6 is 0 Å². The van der Waals surface area contributed by atoms with E-state index >= 15 is 0 Å². The van der Waals surface area contributed by atoms with Gasteiger partial charge in [-0.25, -0.2) is 4.39 Å². The number of benzene rings is 2. The van der Waals surface area contributed by atoms with Crippen molar-refractivity contribution in [2.75, 3.05) is 44.2 Å². The fourth-order valence-corrected chi connectivity index (χ4v) is 4.15. The van der Waals surface area contributed by atoms with Crippen LogP contribution in [0.1, 0.15) is 30.4 Å². The standard InChI is InChI=1S/C23H29FN2O/c24-21-7-9-22(10-8-21)26-15-13-25(14-16-26)12-1-2-17-27-23-11-6-19-4-3-5-20(19)18-23/h6-11,18H,1-5,12-17H2. The number of unbranched alkanes of at least 4 members (excludes halogenated alkanes) is 1. The lowest BCUT2D eigenvalue weighted by molar-refractivity contribution is 0.238. The number of rotatable bonds is 7. The molecule has 1 fully saturated rings. The van der Waals surface area contributed by atoms with E-state index in [4.69, 9.17) is 4.74 Å². The molecule has 2 aliphatic rings. The topological polar surface area (TPSA) is 15.7 Å². The zero-order valence-electron chi connectivity index (χ0n) is 16.0. The third-order valence-electron chi connectivity index (χ3n) is 5.77. The van der Waals surface area contributed by atoms with Gasteiger partial charge in [0, 0.05) is 31.9 Å². The van der Waals surface area contributed by atoms with E-state index < -0.39 is 0 Å². The van der Waals surface area contributed by atoms with Gasteiger partial charge in [-0.3, -0.25) is 4.90 Å². The van der Waals surface area contributed by atoms with Crippen LogP contribution in [0.25, 0.3) is 0 Å². The SMILES string of the molecule is Fc1ccc(N2CCN(CCCCOc3ccc4c(c3)CCC4)CC2)cc1. The van der Waals surface area contributed by atoms with Gasteiger partial charge in [0.05, 0.1) is 6.61 Å². The molecule has 4 rings (SSSR count). The van der Waals surface area contributed by atoms with Gasteiger partial charge in [0.25, 0.3) is 0 Å². The van der Waals surface area contributed by atoms with Gasteiger partial charge in [0.2, 0.25) is 0 Å². The van der Waals surface area contributed by atoms with E-state index in [1.165, 1.54) is 36.8 Å². The molecule has 4 heteroatoms. The maximum atomic E-state index is 13.0. The molecule has 1 heterocycles. The van der Waals surface area contributed by atoms with Gasteiger partial charge >= 0.3 is 0 Å². The first kappa shape index (κ1) is 18.3. The summed E-state index contributed by atoms with van der Waals surface area (Å²) in [6.07, 6.45) is 5.98. The van der Waals surface area contributed by atoms with Crippen LogP contribution in [0.15, 0.2) is 42.5 Å². The molecular weight excluding hydrogens is 339 g/mol. The largest absolute Gasteiger partial charge is 0.494 e. The molecule has 1 aliphatic heterocycles. The fraction of sp³-hybridized carbons (Fsp3) is 0.478. The molecule has 0 spiro atoms. The number of aryl methyl sites for hydroxylation is 2. The van der Waals surface area contributed by atoms with Crippen molar-refractivity contribution in [3.05, 3.63) is 59.4 Å². The van der Waals surface area contributed by atoms with Crippen LogP contribution in [-0.4, -0.2) is 44.2 Å². The smallest absolute Gasteiger partial charge is 0.123 e. The third kappa shape index (κ3) is 4.81. The Balaban J connectivity index is 1.12. The van der Waals surface area contributed by atoms with Gasteiger partial charge in [-0.05, 0) is 86.2 Å². The van der Waals surface area contributed by atoms with Crippen LogP contribution in [0.4, 0.5) is 10.1 Å². The first-order valence-electron chi connectivity index (χ1n) is 10.3. The summed E-state index contributed by atoms with van der Waals surface area (Å²) in [7, 11) is 0. The van der Waals surface area contributed by atoms with E-state index in [0.717, 1.165) is 57.2 Å². The average Bonchev–Trinajstić information content (AvgIpc) is 3.17. The molecule has 0 aromatic heterocycles. The predicted octanol–water partition coefficient (Wildman–Crippen LogP) is 4.30. The normalized spacial score (nSPS) is 17.1. The quantitative estimate of drug-likeness (QED) is 0.678. The molecule has 0 saturated carbocycles. The minimum Gasteiger partial charge on any atom is -0.494 e. The number of halogens is 1. The Bertz CT molecular complexity index is 739. The Labute approximate surface area is 161 Å². The second kappa shape index (κ2) is 8.75. The monoisotopic (exact) mass is 368 g/mol. The highest BCUT2D eigenvalue weighted by atomic mass is 19.1. The molecule has 0 atom stereocenters. The zero-order valence-corrected chi connectivity index (χ0v) is 16.0. The molecule has 0 bridgehead atoms. The molecule has 3 nitrogen and oxygen atoms in total. The van der Waals surface area contributed by atoms with Crippen LogP contribution < -0.4 is 9.64 Å². The van der Waals surface area contributed by atoms with Crippen LogP contribution in [0.5, 0.6) is 5.75 Å². The van der Waals surface area contributed by atoms with Crippen LogP contribution in [0, 0.1) is 5.82 Å². The Morgan fingerprint density at radius 1 is 0.852 bits per heavy atom. The fourth-order valence-electron chi connectivity index (χ4n) is 4.15. The summed E-state index contributed by atoms with van der Waals surface area (Å²) in [6, 6.07) is 13.4. The average molecular weight is 368 g/mol. The molecule has 2 aromatic rings. The Morgan fingerprint density at radius 2 is 1.63 bits per heavy atom. The minimum atomic E-state index is -0.167. The van der Waals surface area contributed by atoms with Crippen molar-refractivity contribution >= 4 is 5.69 Å². The summed E-state index contributed by atoms with van der Waals surface area (Å²) in [5.74, 6) is 0.864. The van der Waals surface area contributed by atoms with Crippen molar-refractivity contribution in [2.24, 2.45) is 0 Å².